The molecule has 1 fully saturated rings. The van der Waals surface area contributed by atoms with Crippen LogP contribution in [0, 0.1) is 5.41 Å². The number of hydrogen-bond donors (Lipinski definition) is 2. The van der Waals surface area contributed by atoms with E-state index in [1.165, 1.54) is 0 Å². The second-order valence-electron chi connectivity index (χ2n) is 5.64. The Bertz CT molecular complexity index is 561. The number of amides is 3. The molecular weight excluding hydrogens is 278 g/mol. The molecule has 1 aliphatic heterocycles. The Morgan fingerprint density at radius 3 is 2.23 bits per heavy atom. The third-order valence-corrected chi connectivity index (χ3v) is 3.96. The molecule has 0 bridgehead atoms. The van der Waals surface area contributed by atoms with Gasteiger partial charge in [-0.15, -0.1) is 0 Å². The van der Waals surface area contributed by atoms with Gasteiger partial charge in [0.25, 0.3) is 0 Å². The molecule has 1 aromatic rings. The molecule has 118 valence electrons. The van der Waals surface area contributed by atoms with Crippen molar-refractivity contribution < 1.29 is 9.59 Å². The van der Waals surface area contributed by atoms with E-state index in [2.05, 4.69) is 15.6 Å². The Balaban J connectivity index is 2.33. The van der Waals surface area contributed by atoms with Gasteiger partial charge in [0.2, 0.25) is 5.91 Å². The van der Waals surface area contributed by atoms with Crippen molar-refractivity contribution in [3.63, 3.8) is 0 Å². The van der Waals surface area contributed by atoms with E-state index < -0.39 is 11.4 Å². The minimum absolute atomic E-state index is 0.230. The number of benzene rings is 1. The molecule has 0 spiro atoms. The predicted molar refractivity (Wildman–Crippen MR) is 86.5 cm³/mol. The summed E-state index contributed by atoms with van der Waals surface area (Å²) >= 11 is 0. The van der Waals surface area contributed by atoms with Crippen LogP contribution in [0.3, 0.4) is 0 Å². The molecule has 0 atom stereocenters. The van der Waals surface area contributed by atoms with E-state index in [1.807, 2.05) is 44.2 Å². The normalized spacial score (nSPS) is 18.9. The lowest BCUT2D eigenvalue weighted by Crippen LogP contribution is -2.62. The number of carbonyl (C=O) groups is 2. The van der Waals surface area contributed by atoms with Crippen molar-refractivity contribution in [3.05, 3.63) is 35.9 Å². The molecule has 0 unspecified atom stereocenters. The van der Waals surface area contributed by atoms with Crippen molar-refractivity contribution in [1.29, 1.82) is 0 Å². The van der Waals surface area contributed by atoms with Crippen LogP contribution in [-0.2, 0) is 11.3 Å². The van der Waals surface area contributed by atoms with Crippen LogP contribution in [0.2, 0.25) is 0 Å². The van der Waals surface area contributed by atoms with Gasteiger partial charge in [0.15, 0.2) is 0 Å². The van der Waals surface area contributed by atoms with Crippen LogP contribution < -0.4 is 10.6 Å². The number of amidine groups is 1. The van der Waals surface area contributed by atoms with Crippen molar-refractivity contribution in [2.75, 3.05) is 0 Å². The number of nitrogens with zero attached hydrogens (tertiary/aromatic N) is 1. The SMILES string of the molecule is CCCC1(CCC)C(=O)NC(=O)NC1=NCc1ccccc1. The molecule has 5 heteroatoms. The van der Waals surface area contributed by atoms with Crippen molar-refractivity contribution >= 4 is 17.8 Å². The fourth-order valence-electron chi connectivity index (χ4n) is 2.98. The van der Waals surface area contributed by atoms with Crippen LogP contribution >= 0.6 is 0 Å². The standard InChI is InChI=1S/C17H23N3O2/c1-3-10-17(11-4-2)14(19-16(22)20-15(17)21)18-12-13-8-6-5-7-9-13/h5-9H,3-4,10-12H2,1-2H3,(H2,18,19,20,21,22). The fourth-order valence-corrected chi connectivity index (χ4v) is 2.98. The Kier molecular flexibility index (Phi) is 5.31. The Hall–Kier alpha value is -2.17. The van der Waals surface area contributed by atoms with E-state index in [0.29, 0.717) is 25.2 Å². The van der Waals surface area contributed by atoms with Crippen molar-refractivity contribution in [1.82, 2.24) is 10.6 Å². The number of aliphatic imine (C=N–C) groups is 1. The van der Waals surface area contributed by atoms with Gasteiger partial charge in [0.1, 0.15) is 11.3 Å². The fraction of sp³-hybridized carbons (Fsp3) is 0.471. The number of rotatable bonds is 6. The van der Waals surface area contributed by atoms with E-state index >= 15 is 0 Å². The van der Waals surface area contributed by atoms with Crippen LogP contribution in [0.1, 0.15) is 45.1 Å². The summed E-state index contributed by atoms with van der Waals surface area (Å²) in [6.07, 6.45) is 3.07. The second-order valence-corrected chi connectivity index (χ2v) is 5.64. The van der Waals surface area contributed by atoms with Gasteiger partial charge >= 0.3 is 6.03 Å². The summed E-state index contributed by atoms with van der Waals surface area (Å²) in [4.78, 5) is 28.7. The van der Waals surface area contributed by atoms with Crippen molar-refractivity contribution in [2.45, 2.75) is 46.1 Å². The first-order valence-corrected chi connectivity index (χ1v) is 7.83. The molecule has 0 radical (unpaired) electrons. The highest BCUT2D eigenvalue weighted by atomic mass is 16.2. The highest BCUT2D eigenvalue weighted by Crippen LogP contribution is 2.33. The highest BCUT2D eigenvalue weighted by Gasteiger charge is 2.46. The van der Waals surface area contributed by atoms with E-state index in [-0.39, 0.29) is 5.91 Å². The van der Waals surface area contributed by atoms with Crippen molar-refractivity contribution in [3.8, 4) is 0 Å². The summed E-state index contributed by atoms with van der Waals surface area (Å²) < 4.78 is 0. The van der Waals surface area contributed by atoms with Crippen LogP contribution in [0.4, 0.5) is 4.79 Å². The summed E-state index contributed by atoms with van der Waals surface area (Å²) in [7, 11) is 0. The van der Waals surface area contributed by atoms with Crippen molar-refractivity contribution in [2.24, 2.45) is 10.4 Å². The minimum atomic E-state index is -0.716. The first-order chi connectivity index (χ1) is 10.6. The first-order valence-electron chi connectivity index (χ1n) is 7.83. The first kappa shape index (κ1) is 16.2. The third kappa shape index (κ3) is 3.35. The molecular formula is C17H23N3O2. The van der Waals surface area contributed by atoms with E-state index in [0.717, 1.165) is 18.4 Å². The topological polar surface area (TPSA) is 70.6 Å². The average Bonchev–Trinajstić information content (AvgIpc) is 2.51. The quantitative estimate of drug-likeness (QED) is 0.848. The largest absolute Gasteiger partial charge is 0.326 e. The minimum Gasteiger partial charge on any atom is -0.295 e. The maximum Gasteiger partial charge on any atom is 0.326 e. The number of imide groups is 1. The molecule has 5 nitrogen and oxygen atoms in total. The summed E-state index contributed by atoms with van der Waals surface area (Å²) in [5.41, 5.74) is 0.337. The predicted octanol–water partition coefficient (Wildman–Crippen LogP) is 3.01. The number of urea groups is 1. The van der Waals surface area contributed by atoms with Gasteiger partial charge in [0.05, 0.1) is 6.54 Å². The molecule has 2 rings (SSSR count). The molecule has 2 N–H and O–H groups in total. The van der Waals surface area contributed by atoms with Gasteiger partial charge in [-0.05, 0) is 18.4 Å². The Morgan fingerprint density at radius 1 is 1.00 bits per heavy atom. The number of carbonyl (C=O) groups excluding carboxylic acids is 2. The van der Waals surface area contributed by atoms with E-state index in [1.54, 1.807) is 0 Å². The van der Waals surface area contributed by atoms with Gasteiger partial charge in [0, 0.05) is 0 Å². The molecule has 1 saturated heterocycles. The zero-order valence-electron chi connectivity index (χ0n) is 13.2. The molecule has 0 aliphatic carbocycles. The van der Waals surface area contributed by atoms with Gasteiger partial charge in [-0.3, -0.25) is 20.4 Å². The van der Waals surface area contributed by atoms with Crippen LogP contribution in [0.5, 0.6) is 0 Å². The van der Waals surface area contributed by atoms with Gasteiger partial charge in [-0.1, -0.05) is 57.0 Å². The molecule has 22 heavy (non-hydrogen) atoms. The zero-order chi connectivity index (χ0) is 16.0. The van der Waals surface area contributed by atoms with Crippen LogP contribution in [-0.4, -0.2) is 17.8 Å². The lowest BCUT2D eigenvalue weighted by atomic mass is 9.76. The maximum absolute atomic E-state index is 12.5. The maximum atomic E-state index is 12.5. The summed E-state index contributed by atoms with van der Waals surface area (Å²) in [5, 5.41) is 5.15. The molecule has 3 amide bonds. The summed E-state index contributed by atoms with van der Waals surface area (Å²) in [6, 6.07) is 9.33. The summed E-state index contributed by atoms with van der Waals surface area (Å²) in [6.45, 7) is 4.53. The molecule has 0 aromatic heterocycles. The molecule has 1 aromatic carbocycles. The highest BCUT2D eigenvalue weighted by molar-refractivity contribution is 6.21. The Morgan fingerprint density at radius 2 is 1.64 bits per heavy atom. The monoisotopic (exact) mass is 301 g/mol. The molecule has 1 aliphatic rings. The van der Waals surface area contributed by atoms with Crippen LogP contribution in [0.15, 0.2) is 35.3 Å². The summed E-state index contributed by atoms with van der Waals surface area (Å²) in [5.74, 6) is 0.278. The Labute approximate surface area is 131 Å². The lowest BCUT2D eigenvalue weighted by molar-refractivity contribution is -0.127. The number of hydrogen-bond acceptors (Lipinski definition) is 3. The molecule has 1 heterocycles. The third-order valence-electron chi connectivity index (χ3n) is 3.96. The lowest BCUT2D eigenvalue weighted by Gasteiger charge is -2.36. The van der Waals surface area contributed by atoms with E-state index in [4.69, 9.17) is 0 Å². The van der Waals surface area contributed by atoms with Gasteiger partial charge in [-0.2, -0.15) is 0 Å². The molecule has 0 saturated carbocycles. The zero-order valence-corrected chi connectivity index (χ0v) is 13.2. The number of nitrogens with one attached hydrogen (secondary N) is 2. The van der Waals surface area contributed by atoms with E-state index in [9.17, 15) is 9.59 Å². The van der Waals surface area contributed by atoms with Crippen LogP contribution in [0.25, 0.3) is 0 Å². The smallest absolute Gasteiger partial charge is 0.295 e. The second kappa shape index (κ2) is 7.20. The van der Waals surface area contributed by atoms with Gasteiger partial charge in [-0.25, -0.2) is 4.79 Å². The van der Waals surface area contributed by atoms with Gasteiger partial charge < -0.3 is 0 Å². The average molecular weight is 301 g/mol.